The van der Waals surface area contributed by atoms with Gasteiger partial charge in [-0.05, 0) is 53.8 Å². The first-order valence-corrected chi connectivity index (χ1v) is 7.58. The Labute approximate surface area is 136 Å². The van der Waals surface area contributed by atoms with Crippen molar-refractivity contribution in [2.24, 2.45) is 0 Å². The highest BCUT2D eigenvalue weighted by Gasteiger charge is 2.15. The van der Waals surface area contributed by atoms with E-state index in [0.717, 1.165) is 24.1 Å². The zero-order valence-corrected chi connectivity index (χ0v) is 13.0. The van der Waals surface area contributed by atoms with Crippen molar-refractivity contribution in [2.75, 3.05) is 25.1 Å². The quantitative estimate of drug-likeness (QED) is 0.618. The lowest BCUT2D eigenvalue weighted by Crippen LogP contribution is -2.12. The maximum Gasteiger partial charge on any atom is 0.265 e. The van der Waals surface area contributed by atoms with E-state index in [0.29, 0.717) is 18.8 Å². The molecule has 0 bridgehead atoms. The number of rotatable bonds is 2. The Morgan fingerprint density at radius 2 is 2.26 bits per heavy atom. The molecular formula is C19H17N3O. The van der Waals surface area contributed by atoms with E-state index in [2.05, 4.69) is 35.0 Å². The minimum Gasteiger partial charge on any atom is -0.493 e. The average Bonchev–Trinajstić information content (AvgIpc) is 2.95. The van der Waals surface area contributed by atoms with Crippen LogP contribution in [0.1, 0.15) is 17.5 Å². The Morgan fingerprint density at radius 1 is 1.39 bits per heavy atom. The van der Waals surface area contributed by atoms with Crippen LogP contribution in [0.5, 0.6) is 0 Å². The van der Waals surface area contributed by atoms with Gasteiger partial charge >= 0.3 is 0 Å². The molecule has 0 aromatic heterocycles. The monoisotopic (exact) mass is 303 g/mol. The van der Waals surface area contributed by atoms with Crippen LogP contribution in [0.15, 0.2) is 47.4 Å². The van der Waals surface area contributed by atoms with Crippen molar-refractivity contribution in [1.82, 2.24) is 0 Å². The molecule has 2 aliphatic rings. The highest BCUT2D eigenvalue weighted by Crippen LogP contribution is 2.28. The molecule has 0 aliphatic carbocycles. The number of benzene rings is 1. The minimum absolute atomic E-state index is 0.153. The summed E-state index contributed by atoms with van der Waals surface area (Å²) < 4.78 is 5.60. The molecule has 1 aromatic rings. The lowest BCUT2D eigenvalue weighted by Gasteiger charge is -2.15. The Kier molecular flexibility index (Phi) is 4.17. The molecule has 2 heterocycles. The third kappa shape index (κ3) is 3.12. The van der Waals surface area contributed by atoms with E-state index < -0.39 is 0 Å². The molecule has 3 rings (SSSR count). The number of likely N-dealkylation sites (N-methyl/N-ethyl adjacent to an activating group) is 1. The number of ether oxygens (including phenoxy) is 1. The third-order valence-electron chi connectivity index (χ3n) is 4.15. The van der Waals surface area contributed by atoms with Crippen molar-refractivity contribution in [3.63, 3.8) is 0 Å². The largest absolute Gasteiger partial charge is 0.493 e. The molecule has 1 aromatic carbocycles. The van der Waals surface area contributed by atoms with Crippen molar-refractivity contribution >= 4 is 11.8 Å². The van der Waals surface area contributed by atoms with Crippen LogP contribution in [0.3, 0.4) is 0 Å². The van der Waals surface area contributed by atoms with E-state index in [1.165, 1.54) is 11.3 Å². The molecule has 0 atom stereocenters. The summed E-state index contributed by atoms with van der Waals surface area (Å²) in [5, 5.41) is 8.97. The van der Waals surface area contributed by atoms with Gasteiger partial charge in [0, 0.05) is 19.3 Å². The highest BCUT2D eigenvalue weighted by molar-refractivity contribution is 5.64. The van der Waals surface area contributed by atoms with Crippen LogP contribution in [0.2, 0.25) is 0 Å². The summed E-state index contributed by atoms with van der Waals surface area (Å²) in [5.74, 6) is 0.695. The molecule has 0 fully saturated rings. The van der Waals surface area contributed by atoms with Gasteiger partial charge in [-0.25, -0.2) is 10.1 Å². The first-order valence-electron chi connectivity index (χ1n) is 7.58. The summed E-state index contributed by atoms with van der Waals surface area (Å²) in [6, 6.07) is 8.39. The van der Waals surface area contributed by atoms with Crippen LogP contribution < -0.4 is 4.90 Å². The first kappa shape index (κ1) is 14.9. The van der Waals surface area contributed by atoms with Crippen molar-refractivity contribution < 1.29 is 4.74 Å². The average molecular weight is 303 g/mol. The van der Waals surface area contributed by atoms with Crippen molar-refractivity contribution in [3.05, 3.63) is 69.9 Å². The van der Waals surface area contributed by atoms with Crippen molar-refractivity contribution in [3.8, 4) is 6.07 Å². The molecule has 4 heteroatoms. The molecular weight excluding hydrogens is 286 g/mol. The molecule has 0 radical (unpaired) electrons. The summed E-state index contributed by atoms with van der Waals surface area (Å²) in [5.41, 5.74) is 4.71. The smallest absolute Gasteiger partial charge is 0.265 e. The fourth-order valence-electron chi connectivity index (χ4n) is 2.88. The normalized spacial score (nSPS) is 18.7. The number of nitrogens with zero attached hydrogens (tertiary/aromatic N) is 3. The third-order valence-corrected chi connectivity index (χ3v) is 4.15. The molecule has 2 aliphatic heterocycles. The van der Waals surface area contributed by atoms with Crippen molar-refractivity contribution in [1.29, 1.82) is 5.26 Å². The van der Waals surface area contributed by atoms with E-state index in [1.54, 1.807) is 6.08 Å². The van der Waals surface area contributed by atoms with Gasteiger partial charge in [-0.2, -0.15) is 0 Å². The van der Waals surface area contributed by atoms with Gasteiger partial charge in [0.2, 0.25) is 0 Å². The number of hydrogen-bond acceptors (Lipinski definition) is 3. The second-order valence-corrected chi connectivity index (χ2v) is 5.64. The topological polar surface area (TPSA) is 40.6 Å². The van der Waals surface area contributed by atoms with Gasteiger partial charge in [0.15, 0.2) is 0 Å². The second-order valence-electron chi connectivity index (χ2n) is 5.64. The molecule has 4 nitrogen and oxygen atoms in total. The summed E-state index contributed by atoms with van der Waals surface area (Å²) >= 11 is 0. The minimum atomic E-state index is 0.153. The van der Waals surface area contributed by atoms with E-state index in [1.807, 2.05) is 18.2 Å². The lowest BCUT2D eigenvalue weighted by molar-refractivity contribution is 0.219. The summed E-state index contributed by atoms with van der Waals surface area (Å²) in [7, 11) is 2.11. The van der Waals surface area contributed by atoms with E-state index in [4.69, 9.17) is 16.6 Å². The zero-order chi connectivity index (χ0) is 16.2. The second kappa shape index (κ2) is 6.42. The van der Waals surface area contributed by atoms with Crippen LogP contribution in [-0.2, 0) is 11.2 Å². The van der Waals surface area contributed by atoms with Gasteiger partial charge in [-0.15, -0.1) is 0 Å². The van der Waals surface area contributed by atoms with Crippen LogP contribution >= 0.6 is 0 Å². The predicted octanol–water partition coefficient (Wildman–Crippen LogP) is 3.69. The van der Waals surface area contributed by atoms with Gasteiger partial charge < -0.3 is 9.64 Å². The van der Waals surface area contributed by atoms with Crippen LogP contribution in [0, 0.1) is 17.9 Å². The number of anilines is 1. The molecule has 0 unspecified atom stereocenters. The highest BCUT2D eigenvalue weighted by atomic mass is 16.5. The Hall–Kier alpha value is -2.98. The van der Waals surface area contributed by atoms with Crippen molar-refractivity contribution in [2.45, 2.75) is 12.8 Å². The molecule has 0 N–H and O–H groups in total. The first-order chi connectivity index (χ1) is 11.2. The number of allylic oxidation sites excluding steroid dienone is 3. The van der Waals surface area contributed by atoms with Crippen LogP contribution in [0.4, 0.5) is 5.69 Å². The maximum atomic E-state index is 8.97. The zero-order valence-electron chi connectivity index (χ0n) is 13.0. The molecule has 0 saturated carbocycles. The van der Waals surface area contributed by atoms with Gasteiger partial charge in [-0.3, -0.25) is 0 Å². The lowest BCUT2D eigenvalue weighted by atomic mass is 10.1. The fourth-order valence-corrected chi connectivity index (χ4v) is 2.88. The number of nitriles is 1. The molecule has 0 spiro atoms. The predicted molar refractivity (Wildman–Crippen MR) is 90.3 cm³/mol. The Balaban J connectivity index is 1.82. The summed E-state index contributed by atoms with van der Waals surface area (Å²) in [4.78, 5) is 5.53. The summed E-state index contributed by atoms with van der Waals surface area (Å²) in [6.07, 6.45) is 7.39. The molecule has 114 valence electrons. The van der Waals surface area contributed by atoms with E-state index in [-0.39, 0.29) is 5.70 Å². The molecule has 23 heavy (non-hydrogen) atoms. The maximum absolute atomic E-state index is 8.97. The van der Waals surface area contributed by atoms with Crippen LogP contribution in [-0.4, -0.2) is 20.2 Å². The number of hydrogen-bond donors (Lipinski definition) is 0. The van der Waals surface area contributed by atoms with E-state index in [9.17, 15) is 0 Å². The van der Waals surface area contributed by atoms with Gasteiger partial charge in [0.25, 0.3) is 5.70 Å². The standard InChI is InChI=1S/C19H17N3O/c1-21-18(13-20)15-8-10-23-17(12-15)5-3-14-4-6-19-16(11-14)7-9-22(19)2/h3-6,11-12H,7-10H2,2H3. The fraction of sp³-hybridized carbons (Fsp3) is 0.263. The Morgan fingerprint density at radius 3 is 3.04 bits per heavy atom. The SMILES string of the molecule is [C-]#[N+]C(C#N)=C1C=C(C=Cc2ccc3c(c2)CCN3C)OCC1. The van der Waals surface area contributed by atoms with Gasteiger partial charge in [-0.1, -0.05) is 12.1 Å². The van der Waals surface area contributed by atoms with Gasteiger partial charge in [0.05, 0.1) is 19.2 Å². The Bertz CT molecular complexity index is 787. The van der Waals surface area contributed by atoms with Crippen LogP contribution in [0.25, 0.3) is 10.9 Å². The summed E-state index contributed by atoms with van der Waals surface area (Å²) in [6.45, 7) is 8.61. The molecule has 0 saturated heterocycles. The molecule has 0 amide bonds. The number of fused-ring (bicyclic) bond motifs is 1. The van der Waals surface area contributed by atoms with E-state index >= 15 is 0 Å². The van der Waals surface area contributed by atoms with Gasteiger partial charge in [0.1, 0.15) is 5.76 Å².